The van der Waals surface area contributed by atoms with Gasteiger partial charge in [-0.25, -0.2) is 4.39 Å². The van der Waals surface area contributed by atoms with Crippen LogP contribution in [0.25, 0.3) is 0 Å². The normalized spacial score (nSPS) is 10.4. The SMILES string of the molecule is CCc1ccc(C(=O)c2ccc(F)cc2)o1. The van der Waals surface area contributed by atoms with Crippen LogP contribution >= 0.6 is 0 Å². The average molecular weight is 218 g/mol. The van der Waals surface area contributed by atoms with Gasteiger partial charge in [0.25, 0.3) is 0 Å². The van der Waals surface area contributed by atoms with E-state index in [1.54, 1.807) is 12.1 Å². The van der Waals surface area contributed by atoms with Crippen molar-refractivity contribution in [1.29, 1.82) is 0 Å². The van der Waals surface area contributed by atoms with E-state index in [0.29, 0.717) is 11.3 Å². The van der Waals surface area contributed by atoms with Gasteiger partial charge in [0.1, 0.15) is 11.6 Å². The van der Waals surface area contributed by atoms with E-state index >= 15 is 0 Å². The molecule has 0 N–H and O–H groups in total. The molecular formula is C13H11FO2. The van der Waals surface area contributed by atoms with Gasteiger partial charge in [0, 0.05) is 12.0 Å². The Morgan fingerprint density at radius 3 is 2.44 bits per heavy atom. The zero-order valence-electron chi connectivity index (χ0n) is 8.87. The monoisotopic (exact) mass is 218 g/mol. The first kappa shape index (κ1) is 10.6. The Hall–Kier alpha value is -1.90. The third-order valence-corrected chi connectivity index (χ3v) is 2.34. The number of hydrogen-bond donors (Lipinski definition) is 0. The summed E-state index contributed by atoms with van der Waals surface area (Å²) in [4.78, 5) is 11.9. The summed E-state index contributed by atoms with van der Waals surface area (Å²) < 4.78 is 18.0. The number of carbonyl (C=O) groups excluding carboxylic acids is 1. The lowest BCUT2D eigenvalue weighted by molar-refractivity contribution is 0.101. The number of halogens is 1. The van der Waals surface area contributed by atoms with Gasteiger partial charge in [-0.05, 0) is 36.4 Å². The van der Waals surface area contributed by atoms with Crippen LogP contribution in [0.5, 0.6) is 0 Å². The maximum atomic E-state index is 12.7. The number of benzene rings is 1. The highest BCUT2D eigenvalue weighted by Crippen LogP contribution is 2.14. The summed E-state index contributed by atoms with van der Waals surface area (Å²) in [7, 11) is 0. The third kappa shape index (κ3) is 2.03. The Morgan fingerprint density at radius 1 is 1.19 bits per heavy atom. The number of aryl methyl sites for hydroxylation is 1. The minimum atomic E-state index is -0.356. The molecule has 0 aliphatic heterocycles. The summed E-state index contributed by atoms with van der Waals surface area (Å²) in [6.45, 7) is 1.95. The molecular weight excluding hydrogens is 207 g/mol. The summed E-state index contributed by atoms with van der Waals surface area (Å²) in [6, 6.07) is 8.84. The second-order valence-corrected chi connectivity index (χ2v) is 3.46. The highest BCUT2D eigenvalue weighted by Gasteiger charge is 2.12. The van der Waals surface area contributed by atoms with Gasteiger partial charge in [-0.3, -0.25) is 4.79 Å². The van der Waals surface area contributed by atoms with E-state index in [-0.39, 0.29) is 11.6 Å². The van der Waals surface area contributed by atoms with Gasteiger partial charge in [0.05, 0.1) is 0 Å². The van der Waals surface area contributed by atoms with Crippen LogP contribution in [0.3, 0.4) is 0 Å². The number of ketones is 1. The molecule has 1 aromatic heterocycles. The summed E-state index contributed by atoms with van der Waals surface area (Å²) >= 11 is 0. The van der Waals surface area contributed by atoms with Crippen LogP contribution in [0.15, 0.2) is 40.8 Å². The molecule has 0 radical (unpaired) electrons. The molecule has 0 aliphatic carbocycles. The van der Waals surface area contributed by atoms with Crippen LogP contribution < -0.4 is 0 Å². The summed E-state index contributed by atoms with van der Waals surface area (Å²) in [5.74, 6) is 0.485. The molecule has 0 amide bonds. The molecule has 2 rings (SSSR count). The predicted octanol–water partition coefficient (Wildman–Crippen LogP) is 3.21. The van der Waals surface area contributed by atoms with Crippen LogP contribution in [0.2, 0.25) is 0 Å². The van der Waals surface area contributed by atoms with E-state index in [1.807, 2.05) is 6.92 Å². The molecule has 0 saturated heterocycles. The van der Waals surface area contributed by atoms with E-state index in [0.717, 1.165) is 12.2 Å². The lowest BCUT2D eigenvalue weighted by Gasteiger charge is -1.97. The van der Waals surface area contributed by atoms with E-state index < -0.39 is 0 Å². The minimum absolute atomic E-state index is 0.222. The molecule has 1 aromatic carbocycles. The molecule has 3 heteroatoms. The molecule has 0 unspecified atom stereocenters. The molecule has 0 bridgehead atoms. The van der Waals surface area contributed by atoms with Crippen molar-refractivity contribution in [2.75, 3.05) is 0 Å². The quantitative estimate of drug-likeness (QED) is 0.740. The van der Waals surface area contributed by atoms with Gasteiger partial charge >= 0.3 is 0 Å². The Balaban J connectivity index is 2.28. The molecule has 0 fully saturated rings. The Morgan fingerprint density at radius 2 is 1.88 bits per heavy atom. The van der Waals surface area contributed by atoms with E-state index in [9.17, 15) is 9.18 Å². The first-order valence-electron chi connectivity index (χ1n) is 5.09. The highest BCUT2D eigenvalue weighted by molar-refractivity contribution is 6.07. The van der Waals surface area contributed by atoms with Crippen LogP contribution in [-0.2, 0) is 6.42 Å². The van der Waals surface area contributed by atoms with Crippen molar-refractivity contribution in [3.8, 4) is 0 Å². The average Bonchev–Trinajstić information content (AvgIpc) is 2.77. The van der Waals surface area contributed by atoms with Crippen molar-refractivity contribution in [2.45, 2.75) is 13.3 Å². The smallest absolute Gasteiger partial charge is 0.228 e. The Labute approximate surface area is 92.7 Å². The van der Waals surface area contributed by atoms with Crippen LogP contribution in [0, 0.1) is 5.82 Å². The minimum Gasteiger partial charge on any atom is -0.458 e. The van der Waals surface area contributed by atoms with Gasteiger partial charge in [-0.1, -0.05) is 6.92 Å². The largest absolute Gasteiger partial charge is 0.458 e. The fourth-order valence-corrected chi connectivity index (χ4v) is 1.43. The van der Waals surface area contributed by atoms with Crippen molar-refractivity contribution in [3.63, 3.8) is 0 Å². The summed E-state index contributed by atoms with van der Waals surface area (Å²) in [5, 5.41) is 0. The lowest BCUT2D eigenvalue weighted by atomic mass is 10.1. The number of rotatable bonds is 3. The van der Waals surface area contributed by atoms with Crippen LogP contribution in [-0.4, -0.2) is 5.78 Å². The second-order valence-electron chi connectivity index (χ2n) is 3.46. The Bertz CT molecular complexity index is 497. The number of carbonyl (C=O) groups is 1. The predicted molar refractivity (Wildman–Crippen MR) is 57.9 cm³/mol. The first-order valence-corrected chi connectivity index (χ1v) is 5.09. The first-order chi connectivity index (χ1) is 7.70. The molecule has 0 saturated carbocycles. The molecule has 82 valence electrons. The maximum absolute atomic E-state index is 12.7. The summed E-state index contributed by atoms with van der Waals surface area (Å²) in [6.07, 6.45) is 0.747. The zero-order valence-corrected chi connectivity index (χ0v) is 8.87. The summed E-state index contributed by atoms with van der Waals surface area (Å²) in [5.41, 5.74) is 0.429. The highest BCUT2D eigenvalue weighted by atomic mass is 19.1. The van der Waals surface area contributed by atoms with Crippen molar-refractivity contribution >= 4 is 5.78 Å². The fraction of sp³-hybridized carbons (Fsp3) is 0.154. The topological polar surface area (TPSA) is 30.2 Å². The number of furan rings is 1. The second kappa shape index (κ2) is 4.31. The van der Waals surface area contributed by atoms with Gasteiger partial charge in [-0.2, -0.15) is 0 Å². The molecule has 2 nitrogen and oxygen atoms in total. The van der Waals surface area contributed by atoms with Gasteiger partial charge in [0.15, 0.2) is 5.76 Å². The van der Waals surface area contributed by atoms with Gasteiger partial charge in [-0.15, -0.1) is 0 Å². The zero-order chi connectivity index (χ0) is 11.5. The molecule has 1 heterocycles. The lowest BCUT2D eigenvalue weighted by Crippen LogP contribution is -1.99. The van der Waals surface area contributed by atoms with Crippen molar-refractivity contribution in [1.82, 2.24) is 0 Å². The van der Waals surface area contributed by atoms with Crippen LogP contribution in [0.4, 0.5) is 4.39 Å². The number of hydrogen-bond acceptors (Lipinski definition) is 2. The van der Waals surface area contributed by atoms with Crippen molar-refractivity contribution in [2.24, 2.45) is 0 Å². The van der Waals surface area contributed by atoms with Crippen LogP contribution in [0.1, 0.15) is 28.8 Å². The molecule has 0 spiro atoms. The van der Waals surface area contributed by atoms with Gasteiger partial charge < -0.3 is 4.42 Å². The molecule has 0 aliphatic rings. The standard InChI is InChI=1S/C13H11FO2/c1-2-11-7-8-12(16-11)13(15)9-3-5-10(14)6-4-9/h3-8H,2H2,1H3. The van der Waals surface area contributed by atoms with Crippen molar-refractivity contribution < 1.29 is 13.6 Å². The molecule has 2 aromatic rings. The third-order valence-electron chi connectivity index (χ3n) is 2.34. The van der Waals surface area contributed by atoms with E-state index in [2.05, 4.69) is 0 Å². The molecule has 16 heavy (non-hydrogen) atoms. The van der Waals surface area contributed by atoms with Crippen molar-refractivity contribution in [3.05, 3.63) is 59.3 Å². The molecule has 0 atom stereocenters. The maximum Gasteiger partial charge on any atom is 0.228 e. The Kier molecular flexibility index (Phi) is 2.86. The van der Waals surface area contributed by atoms with E-state index in [4.69, 9.17) is 4.42 Å². The van der Waals surface area contributed by atoms with E-state index in [1.165, 1.54) is 24.3 Å². The fourth-order valence-electron chi connectivity index (χ4n) is 1.43. The van der Waals surface area contributed by atoms with Gasteiger partial charge in [0.2, 0.25) is 5.78 Å².